The minimum atomic E-state index is -3.94. The van der Waals surface area contributed by atoms with Crippen LogP contribution in [0.5, 0.6) is 0 Å². The normalized spacial score (nSPS) is 21.9. The second kappa shape index (κ2) is 10.8. The highest BCUT2D eigenvalue weighted by molar-refractivity contribution is 9.10. The largest absolute Gasteiger partial charge is 0.335 e. The quantitative estimate of drug-likeness (QED) is 0.465. The molecule has 0 saturated carbocycles. The van der Waals surface area contributed by atoms with Crippen molar-refractivity contribution in [1.82, 2.24) is 14.1 Å². The van der Waals surface area contributed by atoms with Crippen molar-refractivity contribution in [3.8, 4) is 0 Å². The first-order chi connectivity index (χ1) is 16.4. The molecule has 2 atom stereocenters. The number of allylic oxidation sites excluding steroid dienone is 4. The molecule has 1 aromatic carbocycles. The van der Waals surface area contributed by atoms with E-state index in [9.17, 15) is 18.0 Å². The predicted molar refractivity (Wildman–Crippen MR) is 142 cm³/mol. The van der Waals surface area contributed by atoms with Crippen LogP contribution in [0.2, 0.25) is 0 Å². The first kappa shape index (κ1) is 27.4. The van der Waals surface area contributed by atoms with Gasteiger partial charge in [-0.25, -0.2) is 8.42 Å². The lowest BCUT2D eigenvalue weighted by atomic mass is 9.97. The average Bonchev–Trinajstić information content (AvgIpc) is 2.79. The predicted octanol–water partition coefficient (Wildman–Crippen LogP) is 4.23. The molecule has 1 aromatic rings. The van der Waals surface area contributed by atoms with E-state index in [1.165, 1.54) is 9.21 Å². The van der Waals surface area contributed by atoms with Gasteiger partial charge in [0.25, 0.3) is 0 Å². The van der Waals surface area contributed by atoms with Crippen LogP contribution in [0.15, 0.2) is 63.5 Å². The van der Waals surface area contributed by atoms with Gasteiger partial charge in [-0.15, -0.1) is 0 Å². The Bertz CT molecular complexity index is 1170. The van der Waals surface area contributed by atoms with Crippen LogP contribution >= 0.6 is 15.9 Å². The maximum atomic E-state index is 13.9. The number of hydrogen-bond donors (Lipinski definition) is 0. The standard InChI is InChI=1S/C26H34BrN3O4S/c1-7-19(6)14-23(17(2)3)35(33,34)29-13-12-25(31)30-22(15-20-8-10-21(27)11-9-20)26(32)28(18(4)5)16-24(29)30/h7-11,14,18,22,24H,1,12-13,15-16H2,2-6H3/b19-14-. The second-order valence-electron chi connectivity index (χ2n) is 9.53. The van der Waals surface area contributed by atoms with Crippen LogP contribution in [0.4, 0.5) is 0 Å². The summed E-state index contributed by atoms with van der Waals surface area (Å²) in [6.07, 6.45) is 2.80. The van der Waals surface area contributed by atoms with Gasteiger partial charge in [0.1, 0.15) is 12.2 Å². The fourth-order valence-electron chi connectivity index (χ4n) is 4.57. The van der Waals surface area contributed by atoms with E-state index in [2.05, 4.69) is 22.5 Å². The van der Waals surface area contributed by atoms with Crippen molar-refractivity contribution in [2.24, 2.45) is 0 Å². The number of amides is 2. The Labute approximate surface area is 217 Å². The Morgan fingerprint density at radius 1 is 1.17 bits per heavy atom. The summed E-state index contributed by atoms with van der Waals surface area (Å²) in [5, 5.41) is 0. The van der Waals surface area contributed by atoms with Gasteiger partial charge >= 0.3 is 0 Å². The van der Waals surface area contributed by atoms with Gasteiger partial charge in [-0.05, 0) is 58.4 Å². The third-order valence-electron chi connectivity index (χ3n) is 6.48. The topological polar surface area (TPSA) is 78.0 Å². The summed E-state index contributed by atoms with van der Waals surface area (Å²) in [6, 6.07) is 6.70. The summed E-state index contributed by atoms with van der Waals surface area (Å²) in [4.78, 5) is 30.1. The van der Waals surface area contributed by atoms with E-state index in [0.29, 0.717) is 12.0 Å². The monoisotopic (exact) mass is 563 g/mol. The van der Waals surface area contributed by atoms with Crippen molar-refractivity contribution < 1.29 is 18.0 Å². The molecule has 2 unspecified atom stereocenters. The van der Waals surface area contributed by atoms with Crippen LogP contribution < -0.4 is 0 Å². The summed E-state index contributed by atoms with van der Waals surface area (Å²) < 4.78 is 30.2. The molecule has 2 fully saturated rings. The molecule has 35 heavy (non-hydrogen) atoms. The maximum absolute atomic E-state index is 13.9. The van der Waals surface area contributed by atoms with Crippen LogP contribution in [0.1, 0.15) is 46.6 Å². The summed E-state index contributed by atoms with van der Waals surface area (Å²) in [6.45, 7) is 13.1. The van der Waals surface area contributed by atoms with Gasteiger partial charge < -0.3 is 9.80 Å². The number of piperazine rings is 1. The van der Waals surface area contributed by atoms with Gasteiger partial charge in [-0.3, -0.25) is 9.59 Å². The summed E-state index contributed by atoms with van der Waals surface area (Å²) in [7, 11) is -3.94. The van der Waals surface area contributed by atoms with Gasteiger partial charge in [0.15, 0.2) is 0 Å². The zero-order valence-electron chi connectivity index (χ0n) is 21.0. The highest BCUT2D eigenvalue weighted by Crippen LogP contribution is 2.33. The average molecular weight is 565 g/mol. The van der Waals surface area contributed by atoms with Crippen LogP contribution in [0.25, 0.3) is 0 Å². The van der Waals surface area contributed by atoms with Crippen molar-refractivity contribution in [2.45, 2.75) is 65.7 Å². The van der Waals surface area contributed by atoms with Crippen molar-refractivity contribution in [3.63, 3.8) is 0 Å². The van der Waals surface area contributed by atoms with Gasteiger partial charge in [-0.2, -0.15) is 4.31 Å². The molecule has 7 nitrogen and oxygen atoms in total. The molecule has 0 aliphatic carbocycles. The first-order valence-electron chi connectivity index (χ1n) is 11.7. The molecule has 2 amide bonds. The molecule has 2 saturated heterocycles. The van der Waals surface area contributed by atoms with E-state index in [1.807, 2.05) is 38.1 Å². The third-order valence-corrected chi connectivity index (χ3v) is 9.13. The Morgan fingerprint density at radius 2 is 1.80 bits per heavy atom. The molecule has 3 rings (SSSR count). The van der Waals surface area contributed by atoms with E-state index in [1.54, 1.807) is 37.8 Å². The molecule has 0 aromatic heterocycles. The number of fused-ring (bicyclic) bond motifs is 1. The number of nitrogens with zero attached hydrogens (tertiary/aromatic N) is 3. The summed E-state index contributed by atoms with van der Waals surface area (Å²) in [5.74, 6) is -0.353. The van der Waals surface area contributed by atoms with Crippen LogP contribution in [-0.2, 0) is 26.0 Å². The minimum Gasteiger partial charge on any atom is -0.335 e. The highest BCUT2D eigenvalue weighted by Gasteiger charge is 2.51. The zero-order chi connectivity index (χ0) is 26.1. The summed E-state index contributed by atoms with van der Waals surface area (Å²) in [5.41, 5.74) is 2.28. The molecule has 2 aliphatic rings. The number of carbonyl (C=O) groups excluding carboxylic acids is 2. The van der Waals surface area contributed by atoms with Crippen molar-refractivity contribution in [1.29, 1.82) is 0 Å². The third kappa shape index (κ3) is 5.62. The molecule has 190 valence electrons. The first-order valence-corrected chi connectivity index (χ1v) is 14.0. The molecule has 0 radical (unpaired) electrons. The fourth-order valence-corrected chi connectivity index (χ4v) is 6.76. The number of sulfonamides is 1. The number of benzene rings is 1. The van der Waals surface area contributed by atoms with Gasteiger partial charge in [-0.1, -0.05) is 51.9 Å². The van der Waals surface area contributed by atoms with Crippen LogP contribution in [-0.4, -0.2) is 65.7 Å². The molecular formula is C26H34BrN3O4S. The Morgan fingerprint density at radius 3 is 2.34 bits per heavy atom. The number of rotatable bonds is 7. The fraction of sp³-hybridized carbons (Fsp3) is 0.462. The molecular weight excluding hydrogens is 530 g/mol. The van der Waals surface area contributed by atoms with E-state index in [0.717, 1.165) is 15.6 Å². The Balaban J connectivity index is 2.09. The Kier molecular flexibility index (Phi) is 8.44. The van der Waals surface area contributed by atoms with E-state index in [4.69, 9.17) is 0 Å². The zero-order valence-corrected chi connectivity index (χ0v) is 23.4. The van der Waals surface area contributed by atoms with E-state index < -0.39 is 22.2 Å². The lowest BCUT2D eigenvalue weighted by molar-refractivity contribution is -0.166. The van der Waals surface area contributed by atoms with Gasteiger partial charge in [0.05, 0.1) is 11.4 Å². The van der Waals surface area contributed by atoms with Gasteiger partial charge in [0, 0.05) is 29.9 Å². The van der Waals surface area contributed by atoms with Crippen LogP contribution in [0.3, 0.4) is 0 Å². The van der Waals surface area contributed by atoms with Crippen molar-refractivity contribution in [3.05, 3.63) is 69.1 Å². The maximum Gasteiger partial charge on any atom is 0.246 e. The van der Waals surface area contributed by atoms with Crippen molar-refractivity contribution >= 4 is 37.8 Å². The smallest absolute Gasteiger partial charge is 0.246 e. The number of carbonyl (C=O) groups is 2. The molecule has 0 bridgehead atoms. The number of halogens is 1. The molecule has 2 heterocycles. The second-order valence-corrected chi connectivity index (χ2v) is 12.3. The molecule has 2 aliphatic heterocycles. The number of hydrogen-bond acceptors (Lipinski definition) is 4. The molecule has 0 N–H and O–H groups in total. The molecule has 9 heteroatoms. The molecule has 0 spiro atoms. The minimum absolute atomic E-state index is 0.0295. The lowest BCUT2D eigenvalue weighted by Crippen LogP contribution is -2.72. The van der Waals surface area contributed by atoms with Gasteiger partial charge in [0.2, 0.25) is 21.8 Å². The van der Waals surface area contributed by atoms with E-state index >= 15 is 0 Å². The van der Waals surface area contributed by atoms with Crippen molar-refractivity contribution in [2.75, 3.05) is 13.1 Å². The lowest BCUT2D eigenvalue weighted by Gasteiger charge is -2.52. The Hall–Kier alpha value is -2.23. The highest BCUT2D eigenvalue weighted by atomic mass is 79.9. The SMILES string of the molecule is C=C/C(C)=C\C(=C(C)C)S(=O)(=O)N1CCC(=O)N2C(Cc3ccc(Br)cc3)C(=O)N(C(C)C)CC21. The van der Waals surface area contributed by atoms with Crippen LogP contribution in [0, 0.1) is 0 Å². The van der Waals surface area contributed by atoms with E-state index in [-0.39, 0.29) is 42.3 Å². The summed E-state index contributed by atoms with van der Waals surface area (Å²) >= 11 is 3.42.